The second kappa shape index (κ2) is 9.05. The maximum absolute atomic E-state index is 12.9. The summed E-state index contributed by atoms with van der Waals surface area (Å²) in [5.41, 5.74) is 1.09. The third-order valence-corrected chi connectivity index (χ3v) is 6.94. The number of nitrogens with zero attached hydrogens (tertiary/aromatic N) is 2. The molecule has 1 N–H and O–H groups in total. The van der Waals surface area contributed by atoms with Crippen molar-refractivity contribution < 1.29 is 18.0 Å². The predicted molar refractivity (Wildman–Crippen MR) is 108 cm³/mol. The lowest BCUT2D eigenvalue weighted by Crippen LogP contribution is -2.56. The lowest BCUT2D eigenvalue weighted by atomic mass is 10.0. The molecule has 2 rings (SSSR count). The van der Waals surface area contributed by atoms with Crippen LogP contribution in [0.3, 0.4) is 0 Å². The van der Waals surface area contributed by atoms with E-state index in [9.17, 15) is 18.0 Å². The molecule has 8 heteroatoms. The van der Waals surface area contributed by atoms with Crippen LogP contribution in [-0.2, 0) is 19.6 Å². The van der Waals surface area contributed by atoms with Crippen molar-refractivity contribution in [2.75, 3.05) is 26.2 Å². The zero-order valence-corrected chi connectivity index (χ0v) is 18.1. The first kappa shape index (κ1) is 22.4. The van der Waals surface area contributed by atoms with Crippen molar-refractivity contribution in [3.8, 4) is 0 Å². The van der Waals surface area contributed by atoms with Gasteiger partial charge < -0.3 is 10.2 Å². The highest BCUT2D eigenvalue weighted by Gasteiger charge is 2.33. The maximum Gasteiger partial charge on any atom is 0.245 e. The number of hydrogen-bond acceptors (Lipinski definition) is 4. The van der Waals surface area contributed by atoms with Crippen LogP contribution in [0, 0.1) is 5.92 Å². The first-order valence-corrected chi connectivity index (χ1v) is 11.1. The molecule has 1 fully saturated rings. The average molecular weight is 410 g/mol. The van der Waals surface area contributed by atoms with Gasteiger partial charge in [0.2, 0.25) is 21.8 Å². The summed E-state index contributed by atoms with van der Waals surface area (Å²) >= 11 is 0. The highest BCUT2D eigenvalue weighted by atomic mass is 32.2. The molecule has 7 nitrogen and oxygen atoms in total. The summed E-state index contributed by atoms with van der Waals surface area (Å²) < 4.78 is 27.2. The van der Waals surface area contributed by atoms with Gasteiger partial charge in [-0.15, -0.1) is 0 Å². The summed E-state index contributed by atoms with van der Waals surface area (Å²) in [5, 5.41) is 2.70. The molecule has 0 radical (unpaired) electrons. The van der Waals surface area contributed by atoms with E-state index in [1.165, 1.54) is 11.2 Å². The molecule has 2 amide bonds. The van der Waals surface area contributed by atoms with Crippen LogP contribution in [0.2, 0.25) is 0 Å². The summed E-state index contributed by atoms with van der Waals surface area (Å²) in [6.07, 6.45) is 0. The van der Waals surface area contributed by atoms with E-state index in [1.807, 2.05) is 26.0 Å². The van der Waals surface area contributed by atoms with E-state index in [0.717, 1.165) is 5.56 Å². The molecule has 156 valence electrons. The van der Waals surface area contributed by atoms with Gasteiger partial charge in [-0.1, -0.05) is 39.8 Å². The number of piperazine rings is 1. The number of sulfonamides is 1. The average Bonchev–Trinajstić information content (AvgIpc) is 2.65. The Hall–Kier alpha value is -1.93. The molecular weight excluding hydrogens is 378 g/mol. The number of rotatable bonds is 6. The Morgan fingerprint density at radius 1 is 0.964 bits per heavy atom. The SMILES string of the molecule is CC(=O)N[C@@H](C(=O)N1CCN(S(=O)(=O)c2ccc(C(C)C)cc2)CC1)C(C)C. The molecule has 0 saturated carbocycles. The molecule has 1 aromatic rings. The van der Waals surface area contributed by atoms with Gasteiger partial charge in [0, 0.05) is 33.1 Å². The molecule has 0 aliphatic carbocycles. The van der Waals surface area contributed by atoms with Crippen molar-refractivity contribution in [3.63, 3.8) is 0 Å². The van der Waals surface area contributed by atoms with E-state index in [-0.39, 0.29) is 35.7 Å². The first-order valence-electron chi connectivity index (χ1n) is 9.70. The number of nitrogens with one attached hydrogen (secondary N) is 1. The van der Waals surface area contributed by atoms with Crippen LogP contribution in [0.25, 0.3) is 0 Å². The fourth-order valence-electron chi connectivity index (χ4n) is 3.25. The number of carbonyl (C=O) groups is 2. The van der Waals surface area contributed by atoms with Gasteiger partial charge in [0.15, 0.2) is 0 Å². The smallest absolute Gasteiger partial charge is 0.245 e. The predicted octanol–water partition coefficient (Wildman–Crippen LogP) is 1.80. The molecular formula is C20H31N3O4S. The van der Waals surface area contributed by atoms with Gasteiger partial charge in [-0.25, -0.2) is 8.42 Å². The quantitative estimate of drug-likeness (QED) is 0.776. The zero-order chi connectivity index (χ0) is 21.1. The minimum Gasteiger partial charge on any atom is -0.344 e. The summed E-state index contributed by atoms with van der Waals surface area (Å²) in [4.78, 5) is 26.0. The lowest BCUT2D eigenvalue weighted by Gasteiger charge is -2.36. The van der Waals surface area contributed by atoms with Gasteiger partial charge in [0.25, 0.3) is 0 Å². The van der Waals surface area contributed by atoms with Gasteiger partial charge in [-0.05, 0) is 29.5 Å². The molecule has 1 atom stereocenters. The molecule has 1 aliphatic rings. The number of carbonyl (C=O) groups excluding carboxylic acids is 2. The van der Waals surface area contributed by atoms with Crippen molar-refractivity contribution >= 4 is 21.8 Å². The van der Waals surface area contributed by atoms with Crippen LogP contribution < -0.4 is 5.32 Å². The van der Waals surface area contributed by atoms with Gasteiger partial charge in [-0.3, -0.25) is 9.59 Å². The second-order valence-corrected chi connectivity index (χ2v) is 9.81. The summed E-state index contributed by atoms with van der Waals surface area (Å²) in [5.74, 6) is -0.122. The van der Waals surface area contributed by atoms with Crippen molar-refractivity contribution in [2.24, 2.45) is 5.92 Å². The van der Waals surface area contributed by atoms with Gasteiger partial charge in [0.05, 0.1) is 4.90 Å². The molecule has 0 bridgehead atoms. The van der Waals surface area contributed by atoms with Crippen LogP contribution >= 0.6 is 0 Å². The molecule has 0 aromatic heterocycles. The molecule has 0 unspecified atom stereocenters. The van der Waals surface area contributed by atoms with E-state index >= 15 is 0 Å². The number of amides is 2. The summed E-state index contributed by atoms with van der Waals surface area (Å²) in [6, 6.07) is 6.39. The Morgan fingerprint density at radius 3 is 1.93 bits per heavy atom. The fourth-order valence-corrected chi connectivity index (χ4v) is 4.67. The number of hydrogen-bond donors (Lipinski definition) is 1. The van der Waals surface area contributed by atoms with E-state index in [1.54, 1.807) is 17.0 Å². The largest absolute Gasteiger partial charge is 0.344 e. The van der Waals surface area contributed by atoms with Crippen LogP contribution in [0.1, 0.15) is 46.1 Å². The van der Waals surface area contributed by atoms with Crippen LogP contribution in [0.4, 0.5) is 0 Å². The third-order valence-electron chi connectivity index (χ3n) is 5.03. The zero-order valence-electron chi connectivity index (χ0n) is 17.3. The normalized spacial score (nSPS) is 17.0. The van der Waals surface area contributed by atoms with E-state index in [2.05, 4.69) is 19.2 Å². The standard InChI is InChI=1S/C20H31N3O4S/c1-14(2)17-6-8-18(9-7-17)28(26,27)23-12-10-22(11-13-23)20(25)19(15(3)4)21-16(5)24/h6-9,14-15,19H,10-13H2,1-5H3,(H,21,24)/t19-/m1/s1. The molecule has 1 heterocycles. The monoisotopic (exact) mass is 409 g/mol. The topological polar surface area (TPSA) is 86.8 Å². The minimum absolute atomic E-state index is 0.0439. The minimum atomic E-state index is -3.58. The highest BCUT2D eigenvalue weighted by molar-refractivity contribution is 7.89. The third kappa shape index (κ3) is 5.11. The van der Waals surface area contributed by atoms with E-state index < -0.39 is 16.1 Å². The Morgan fingerprint density at radius 2 is 1.50 bits per heavy atom. The fraction of sp³-hybridized carbons (Fsp3) is 0.600. The van der Waals surface area contributed by atoms with Gasteiger partial charge in [0.1, 0.15) is 6.04 Å². The molecule has 1 aliphatic heterocycles. The summed E-state index contributed by atoms with van der Waals surface area (Å²) in [6.45, 7) is 10.4. The van der Waals surface area contributed by atoms with Crippen LogP contribution in [0.15, 0.2) is 29.2 Å². The van der Waals surface area contributed by atoms with Crippen LogP contribution in [0.5, 0.6) is 0 Å². The Kier molecular flexibility index (Phi) is 7.22. The maximum atomic E-state index is 12.9. The molecule has 1 aromatic carbocycles. The van der Waals surface area contributed by atoms with E-state index in [4.69, 9.17) is 0 Å². The van der Waals surface area contributed by atoms with Gasteiger partial charge in [-0.2, -0.15) is 4.31 Å². The summed E-state index contributed by atoms with van der Waals surface area (Å²) in [7, 11) is -3.58. The second-order valence-electron chi connectivity index (χ2n) is 7.88. The van der Waals surface area contributed by atoms with Crippen molar-refractivity contribution in [2.45, 2.75) is 51.5 Å². The first-order chi connectivity index (χ1) is 13.0. The van der Waals surface area contributed by atoms with Gasteiger partial charge >= 0.3 is 0 Å². The van der Waals surface area contributed by atoms with E-state index in [0.29, 0.717) is 19.0 Å². The van der Waals surface area contributed by atoms with Crippen LogP contribution in [-0.4, -0.2) is 61.7 Å². The number of benzene rings is 1. The molecule has 0 spiro atoms. The molecule has 28 heavy (non-hydrogen) atoms. The Balaban J connectivity index is 2.05. The Bertz CT molecular complexity index is 795. The Labute approximate surface area is 168 Å². The lowest BCUT2D eigenvalue weighted by molar-refractivity contribution is -0.138. The van der Waals surface area contributed by atoms with Crippen molar-refractivity contribution in [3.05, 3.63) is 29.8 Å². The van der Waals surface area contributed by atoms with Crippen molar-refractivity contribution in [1.29, 1.82) is 0 Å². The highest BCUT2D eigenvalue weighted by Crippen LogP contribution is 2.21. The van der Waals surface area contributed by atoms with Crippen molar-refractivity contribution in [1.82, 2.24) is 14.5 Å². The molecule has 1 saturated heterocycles.